The van der Waals surface area contributed by atoms with Crippen molar-refractivity contribution >= 4 is 58.0 Å². The van der Waals surface area contributed by atoms with E-state index in [1.54, 1.807) is 48.2 Å². The third-order valence-corrected chi connectivity index (χ3v) is 5.73. The van der Waals surface area contributed by atoms with Gasteiger partial charge in [-0.2, -0.15) is 0 Å². The zero-order chi connectivity index (χ0) is 22.1. The van der Waals surface area contributed by atoms with E-state index in [-0.39, 0.29) is 16.6 Å². The Morgan fingerprint density at radius 1 is 1.26 bits per heavy atom. The molecule has 0 spiro atoms. The molecule has 2 aromatic heterocycles. The summed E-state index contributed by atoms with van der Waals surface area (Å²) in [6, 6.07) is 10.3. The van der Waals surface area contributed by atoms with Crippen molar-refractivity contribution in [1.82, 2.24) is 9.97 Å². The minimum Gasteiger partial charge on any atom is -0.463 e. The molecule has 0 unspecified atom stereocenters. The molecule has 3 aromatic rings. The molecular weight excluding hydrogens is 440 g/mol. The molecule has 2 amide bonds. The van der Waals surface area contributed by atoms with Gasteiger partial charge in [0.1, 0.15) is 17.3 Å². The molecule has 9 nitrogen and oxygen atoms in total. The molecule has 0 atom stereocenters. The van der Waals surface area contributed by atoms with Gasteiger partial charge in [-0.25, -0.2) is 9.97 Å². The van der Waals surface area contributed by atoms with Gasteiger partial charge in [0, 0.05) is 11.9 Å². The first-order valence-electron chi connectivity index (χ1n) is 9.17. The van der Waals surface area contributed by atoms with Crippen LogP contribution in [0.4, 0.5) is 17.2 Å². The molecule has 4 rings (SSSR count). The summed E-state index contributed by atoms with van der Waals surface area (Å²) in [6.45, 7) is 2.71. The lowest BCUT2D eigenvalue weighted by Crippen LogP contribution is -2.29. The lowest BCUT2D eigenvalue weighted by atomic mass is 10.2. The molecule has 1 aliphatic heterocycles. The second-order valence-electron chi connectivity index (χ2n) is 6.57. The van der Waals surface area contributed by atoms with E-state index in [1.807, 2.05) is 0 Å². The number of anilines is 3. The van der Waals surface area contributed by atoms with Crippen molar-refractivity contribution in [3.63, 3.8) is 0 Å². The van der Waals surface area contributed by atoms with Crippen LogP contribution in [0.15, 0.2) is 42.6 Å². The van der Waals surface area contributed by atoms with E-state index >= 15 is 0 Å². The van der Waals surface area contributed by atoms with Crippen LogP contribution in [-0.4, -0.2) is 41.0 Å². The monoisotopic (exact) mass is 456 g/mol. The number of primary amides is 1. The summed E-state index contributed by atoms with van der Waals surface area (Å²) in [6.07, 6.45) is 1.43. The van der Waals surface area contributed by atoms with E-state index in [0.29, 0.717) is 34.7 Å². The fraction of sp³-hybridized carbons (Fsp3) is 0.150. The van der Waals surface area contributed by atoms with Crippen LogP contribution in [0.1, 0.15) is 25.2 Å². The Bertz CT molecular complexity index is 1160. The highest BCUT2D eigenvalue weighted by molar-refractivity contribution is 7.14. The predicted octanol–water partition coefficient (Wildman–Crippen LogP) is 3.35. The largest absolute Gasteiger partial charge is 0.463 e. The van der Waals surface area contributed by atoms with Crippen molar-refractivity contribution in [2.24, 2.45) is 5.73 Å². The molecule has 11 heteroatoms. The Morgan fingerprint density at radius 3 is 2.58 bits per heavy atom. The number of pyridine rings is 1. The van der Waals surface area contributed by atoms with Crippen LogP contribution < -0.4 is 15.5 Å². The number of amidine groups is 1. The average Bonchev–Trinajstić information content (AvgIpc) is 3.36. The predicted molar refractivity (Wildman–Crippen MR) is 119 cm³/mol. The number of aromatic nitrogens is 2. The van der Waals surface area contributed by atoms with Crippen molar-refractivity contribution in [2.45, 2.75) is 6.92 Å². The average molecular weight is 457 g/mol. The first-order chi connectivity index (χ1) is 14.8. The summed E-state index contributed by atoms with van der Waals surface area (Å²) >= 11 is 7.02. The highest BCUT2D eigenvalue weighted by Crippen LogP contribution is 2.31. The van der Waals surface area contributed by atoms with Gasteiger partial charge in [0.2, 0.25) is 0 Å². The Balaban J connectivity index is 1.77. The van der Waals surface area contributed by atoms with Crippen LogP contribution in [0.25, 0.3) is 0 Å². The van der Waals surface area contributed by atoms with Crippen molar-refractivity contribution < 1.29 is 14.3 Å². The standard InChI is InChI=1S/C20H17ClN6O3S/c1-11-25-16(17(31-11)18(22)28)19(29)27(15-7-2-12(21)10-24-15)14-5-3-13(4-6-14)26-8-9-30-20(26)23/h2-7,10,23H,8-9H2,1H3,(H2,22,28). The number of carbonyl (C=O) groups excluding carboxylic acids is 2. The van der Waals surface area contributed by atoms with Gasteiger partial charge >= 0.3 is 0 Å². The fourth-order valence-electron chi connectivity index (χ4n) is 3.14. The molecule has 1 aliphatic rings. The molecule has 1 saturated heterocycles. The number of carbonyl (C=O) groups is 2. The van der Waals surface area contributed by atoms with E-state index in [2.05, 4.69) is 9.97 Å². The molecule has 1 fully saturated rings. The summed E-state index contributed by atoms with van der Waals surface area (Å²) in [5, 5.41) is 8.81. The maximum absolute atomic E-state index is 13.5. The molecule has 0 bridgehead atoms. The second-order valence-corrected chi connectivity index (χ2v) is 8.21. The minimum atomic E-state index is -0.721. The van der Waals surface area contributed by atoms with Gasteiger partial charge in [-0.3, -0.25) is 24.8 Å². The number of halogens is 1. The first-order valence-corrected chi connectivity index (χ1v) is 10.4. The van der Waals surface area contributed by atoms with Crippen molar-refractivity contribution in [2.75, 3.05) is 23.0 Å². The highest BCUT2D eigenvalue weighted by Gasteiger charge is 2.29. The smallest absolute Gasteiger partial charge is 0.289 e. The topological polar surface area (TPSA) is 126 Å². The SMILES string of the molecule is Cc1nc(C(=O)N(c2ccc(N3CCOC3=N)cc2)c2ccc(Cl)cn2)c(C(N)=O)s1. The number of rotatable bonds is 5. The number of thiazole rings is 1. The zero-order valence-electron chi connectivity index (χ0n) is 16.3. The zero-order valence-corrected chi connectivity index (χ0v) is 17.9. The molecule has 31 heavy (non-hydrogen) atoms. The number of hydrogen-bond acceptors (Lipinski definition) is 7. The van der Waals surface area contributed by atoms with E-state index < -0.39 is 11.8 Å². The quantitative estimate of drug-likeness (QED) is 0.606. The van der Waals surface area contributed by atoms with Gasteiger partial charge < -0.3 is 10.5 Å². The second kappa shape index (κ2) is 8.32. The van der Waals surface area contributed by atoms with Gasteiger partial charge in [-0.15, -0.1) is 11.3 Å². The summed E-state index contributed by atoms with van der Waals surface area (Å²) in [4.78, 5) is 37.0. The van der Waals surface area contributed by atoms with Crippen molar-refractivity contribution in [3.05, 3.63) is 63.2 Å². The lowest BCUT2D eigenvalue weighted by Gasteiger charge is -2.23. The van der Waals surface area contributed by atoms with E-state index in [9.17, 15) is 9.59 Å². The number of nitrogens with zero attached hydrogens (tertiary/aromatic N) is 4. The van der Waals surface area contributed by atoms with Crippen LogP contribution >= 0.6 is 22.9 Å². The summed E-state index contributed by atoms with van der Waals surface area (Å²) in [5.74, 6) is -0.959. The number of nitrogens with two attached hydrogens (primary N) is 1. The molecule has 0 saturated carbocycles. The molecule has 1 aromatic carbocycles. The number of amides is 2. The first kappa shape index (κ1) is 20.8. The van der Waals surface area contributed by atoms with Gasteiger partial charge in [-0.1, -0.05) is 11.6 Å². The highest BCUT2D eigenvalue weighted by atomic mass is 35.5. The van der Waals surface area contributed by atoms with Crippen LogP contribution in [0.3, 0.4) is 0 Å². The summed E-state index contributed by atoms with van der Waals surface area (Å²) in [5.41, 5.74) is 6.67. The molecule has 0 radical (unpaired) electrons. The third-order valence-electron chi connectivity index (χ3n) is 4.52. The Hall–Kier alpha value is -3.50. The normalized spacial score (nSPS) is 13.2. The van der Waals surface area contributed by atoms with Gasteiger partial charge in [0.05, 0.1) is 22.3 Å². The maximum Gasteiger partial charge on any atom is 0.289 e. The number of benzene rings is 1. The molecule has 3 heterocycles. The molecule has 158 valence electrons. The van der Waals surface area contributed by atoms with Gasteiger partial charge in [-0.05, 0) is 43.3 Å². The Labute approximate surface area is 186 Å². The Morgan fingerprint density at radius 2 is 2.00 bits per heavy atom. The van der Waals surface area contributed by atoms with E-state index in [4.69, 9.17) is 27.5 Å². The van der Waals surface area contributed by atoms with E-state index in [1.165, 1.54) is 11.1 Å². The summed E-state index contributed by atoms with van der Waals surface area (Å²) < 4.78 is 5.18. The number of nitrogens with one attached hydrogen (secondary N) is 1. The van der Waals surface area contributed by atoms with Crippen LogP contribution in [0.2, 0.25) is 5.02 Å². The summed E-state index contributed by atoms with van der Waals surface area (Å²) in [7, 11) is 0. The number of hydrogen-bond donors (Lipinski definition) is 2. The van der Waals surface area contributed by atoms with Crippen molar-refractivity contribution in [1.29, 1.82) is 5.41 Å². The number of aryl methyl sites for hydroxylation is 1. The maximum atomic E-state index is 13.5. The Kier molecular flexibility index (Phi) is 5.57. The number of ether oxygens (including phenoxy) is 1. The third kappa shape index (κ3) is 4.07. The van der Waals surface area contributed by atoms with Gasteiger partial charge in [0.25, 0.3) is 17.8 Å². The minimum absolute atomic E-state index is 0.0365. The van der Waals surface area contributed by atoms with Gasteiger partial charge in [0.15, 0.2) is 5.69 Å². The molecule has 0 aliphatic carbocycles. The van der Waals surface area contributed by atoms with Crippen LogP contribution in [0.5, 0.6) is 0 Å². The van der Waals surface area contributed by atoms with Crippen LogP contribution in [-0.2, 0) is 4.74 Å². The van der Waals surface area contributed by atoms with Crippen LogP contribution in [0, 0.1) is 12.3 Å². The van der Waals surface area contributed by atoms with E-state index in [0.717, 1.165) is 17.0 Å². The van der Waals surface area contributed by atoms with Crippen molar-refractivity contribution in [3.8, 4) is 0 Å². The molecular formula is C20H17ClN6O3S. The fourth-order valence-corrected chi connectivity index (χ4v) is 4.01. The lowest BCUT2D eigenvalue weighted by molar-refractivity contribution is 0.0966. The molecule has 3 N–H and O–H groups in total.